The molecule has 0 aliphatic carbocycles. The Hall–Kier alpha value is -1.75. The highest BCUT2D eigenvalue weighted by Gasteiger charge is 2.07. The molecule has 0 saturated heterocycles. The number of hydrogen-bond donors (Lipinski definition) is 2. The van der Waals surface area contributed by atoms with Gasteiger partial charge in [-0.05, 0) is 17.7 Å². The van der Waals surface area contributed by atoms with Crippen LogP contribution in [0.5, 0.6) is 11.6 Å². The number of thiazole rings is 1. The maximum Gasteiger partial charge on any atom is 0.307 e. The summed E-state index contributed by atoms with van der Waals surface area (Å²) in [6.45, 7) is 0. The van der Waals surface area contributed by atoms with Crippen LogP contribution in [0.15, 0.2) is 29.1 Å². The first kappa shape index (κ1) is 9.47. The SMILES string of the molecule is [2H]COc1ccc(Cc2sc(=O)[nH]c2O)cc1. The van der Waals surface area contributed by atoms with Crippen LogP contribution in [0.4, 0.5) is 0 Å². The third-order valence-electron chi connectivity index (χ3n) is 2.16. The number of rotatable bonds is 3. The fraction of sp³-hybridized carbons (Fsp3) is 0.182. The molecule has 2 rings (SSSR count). The number of aromatic amines is 1. The average molecular weight is 238 g/mol. The second-order valence-electron chi connectivity index (χ2n) is 3.25. The summed E-state index contributed by atoms with van der Waals surface area (Å²) in [5.74, 6) is 0.571. The Morgan fingerprint density at radius 2 is 2.25 bits per heavy atom. The molecule has 2 aromatic rings. The summed E-state index contributed by atoms with van der Waals surface area (Å²) >= 11 is 1.00. The molecule has 0 bridgehead atoms. The van der Waals surface area contributed by atoms with Crippen molar-refractivity contribution in [3.63, 3.8) is 0 Å². The van der Waals surface area contributed by atoms with E-state index in [2.05, 4.69) is 4.98 Å². The van der Waals surface area contributed by atoms with Crippen molar-refractivity contribution in [1.29, 1.82) is 0 Å². The minimum Gasteiger partial charge on any atom is -0.497 e. The molecule has 4 nitrogen and oxygen atoms in total. The summed E-state index contributed by atoms with van der Waals surface area (Å²) in [5.41, 5.74) is 0.966. The molecule has 0 saturated carbocycles. The molecule has 0 unspecified atom stereocenters. The van der Waals surface area contributed by atoms with Crippen molar-refractivity contribution in [2.24, 2.45) is 0 Å². The summed E-state index contributed by atoms with van der Waals surface area (Å²) < 4.78 is 11.9. The Kier molecular flexibility index (Phi) is 2.61. The van der Waals surface area contributed by atoms with Crippen LogP contribution in [-0.4, -0.2) is 17.2 Å². The monoisotopic (exact) mass is 238 g/mol. The third kappa shape index (κ3) is 2.25. The van der Waals surface area contributed by atoms with Gasteiger partial charge in [0, 0.05) is 6.42 Å². The lowest BCUT2D eigenvalue weighted by Crippen LogP contribution is -1.89. The van der Waals surface area contributed by atoms with Crippen LogP contribution in [0.3, 0.4) is 0 Å². The van der Waals surface area contributed by atoms with Crippen LogP contribution in [0.2, 0.25) is 0 Å². The molecule has 2 N–H and O–H groups in total. The molecular formula is C11H11NO3S. The third-order valence-corrected chi connectivity index (χ3v) is 3.03. The van der Waals surface area contributed by atoms with Crippen LogP contribution in [0, 0.1) is 0 Å². The maximum atomic E-state index is 11.0. The lowest BCUT2D eigenvalue weighted by atomic mass is 10.1. The van der Waals surface area contributed by atoms with E-state index in [0.29, 0.717) is 17.0 Å². The van der Waals surface area contributed by atoms with Gasteiger partial charge in [-0.3, -0.25) is 9.78 Å². The molecule has 1 aromatic carbocycles. The van der Waals surface area contributed by atoms with Crippen LogP contribution < -0.4 is 9.61 Å². The van der Waals surface area contributed by atoms with Gasteiger partial charge in [-0.2, -0.15) is 0 Å². The Labute approximate surface area is 97.6 Å². The first-order chi connectivity index (χ1) is 8.19. The smallest absolute Gasteiger partial charge is 0.307 e. The maximum absolute atomic E-state index is 11.0. The lowest BCUT2D eigenvalue weighted by molar-refractivity contribution is 0.414. The highest BCUT2D eigenvalue weighted by molar-refractivity contribution is 7.09. The molecular weight excluding hydrogens is 226 g/mol. The molecule has 84 valence electrons. The highest BCUT2D eigenvalue weighted by atomic mass is 32.1. The molecule has 0 fully saturated rings. The number of H-pyrrole nitrogens is 1. The minimum absolute atomic E-state index is 0.0634. The molecule has 16 heavy (non-hydrogen) atoms. The van der Waals surface area contributed by atoms with Crippen LogP contribution in [0.25, 0.3) is 0 Å². The van der Waals surface area contributed by atoms with Crippen molar-refractivity contribution in [2.45, 2.75) is 6.42 Å². The second kappa shape index (κ2) is 4.40. The molecule has 1 aromatic heterocycles. The first-order valence-electron chi connectivity index (χ1n) is 5.31. The van der Waals surface area contributed by atoms with Crippen LogP contribution in [0.1, 0.15) is 11.8 Å². The molecule has 5 heteroatoms. The molecule has 1 heterocycles. The van der Waals surface area contributed by atoms with Gasteiger partial charge in [0.05, 0.1) is 13.3 Å². The Bertz CT molecular complexity index is 547. The van der Waals surface area contributed by atoms with Gasteiger partial charge in [-0.15, -0.1) is 0 Å². The zero-order valence-electron chi connectivity index (χ0n) is 9.40. The number of aromatic hydroxyl groups is 1. The number of ether oxygens (including phenoxy) is 1. The molecule has 0 radical (unpaired) electrons. The van der Waals surface area contributed by atoms with Gasteiger partial charge >= 0.3 is 4.87 Å². The number of methoxy groups -OCH3 is 1. The summed E-state index contributed by atoms with van der Waals surface area (Å²) in [5, 5.41) is 9.44. The Balaban J connectivity index is 2.13. The van der Waals surface area contributed by atoms with Crippen molar-refractivity contribution >= 4 is 11.3 Å². The van der Waals surface area contributed by atoms with Crippen molar-refractivity contribution in [3.05, 3.63) is 44.4 Å². The van der Waals surface area contributed by atoms with E-state index in [4.69, 9.17) is 6.11 Å². The van der Waals surface area contributed by atoms with E-state index >= 15 is 0 Å². The van der Waals surface area contributed by atoms with E-state index in [1.807, 2.05) is 12.1 Å². The standard InChI is InChI=1S/C11H11NO3S/c1-15-8-4-2-7(3-5-8)6-9-10(13)12-11(14)16-9/h2-5,13H,6H2,1H3,(H,12,14)/i1D. The summed E-state index contributed by atoms with van der Waals surface area (Å²) in [6, 6.07) is 7.20. The van der Waals surface area contributed by atoms with Crippen LogP contribution >= 0.6 is 11.3 Å². The quantitative estimate of drug-likeness (QED) is 0.856. The van der Waals surface area contributed by atoms with E-state index in [1.165, 1.54) is 0 Å². The predicted octanol–water partition coefficient (Wildman–Crippen LogP) is 1.74. The van der Waals surface area contributed by atoms with Gasteiger partial charge in [-0.1, -0.05) is 23.5 Å². The van der Waals surface area contributed by atoms with Crippen LogP contribution in [-0.2, 0) is 6.42 Å². The average Bonchev–Trinajstić information content (AvgIpc) is 2.61. The van der Waals surface area contributed by atoms with Gasteiger partial charge in [0.1, 0.15) is 5.75 Å². The number of nitrogens with one attached hydrogen (secondary N) is 1. The van der Waals surface area contributed by atoms with Crippen molar-refractivity contribution in [2.75, 3.05) is 7.09 Å². The van der Waals surface area contributed by atoms with Gasteiger partial charge in [0.2, 0.25) is 5.88 Å². The summed E-state index contributed by atoms with van der Waals surface area (Å²) in [4.78, 5) is 13.7. The Morgan fingerprint density at radius 3 is 2.81 bits per heavy atom. The van der Waals surface area contributed by atoms with Gasteiger partial charge in [0.15, 0.2) is 0 Å². The molecule has 0 amide bonds. The number of hydrogen-bond acceptors (Lipinski definition) is 4. The van der Waals surface area contributed by atoms with E-state index in [0.717, 1.165) is 16.9 Å². The fourth-order valence-electron chi connectivity index (χ4n) is 1.36. The van der Waals surface area contributed by atoms with Crippen molar-refractivity contribution in [1.82, 2.24) is 4.98 Å². The van der Waals surface area contributed by atoms with E-state index in [-0.39, 0.29) is 17.8 Å². The molecule has 0 aliphatic heterocycles. The van der Waals surface area contributed by atoms with E-state index in [1.54, 1.807) is 12.1 Å². The summed E-state index contributed by atoms with van der Waals surface area (Å²) in [7, 11) is -0.112. The van der Waals surface area contributed by atoms with E-state index in [9.17, 15) is 9.90 Å². The normalized spacial score (nSPS) is 11.1. The number of aromatic nitrogens is 1. The van der Waals surface area contributed by atoms with Gasteiger partial charge in [-0.25, -0.2) is 0 Å². The fourth-order valence-corrected chi connectivity index (χ4v) is 2.12. The molecule has 0 atom stereocenters. The van der Waals surface area contributed by atoms with E-state index < -0.39 is 0 Å². The zero-order valence-corrected chi connectivity index (χ0v) is 9.21. The second-order valence-corrected chi connectivity index (χ2v) is 4.32. The lowest BCUT2D eigenvalue weighted by Gasteiger charge is -2.01. The number of benzene rings is 1. The highest BCUT2D eigenvalue weighted by Crippen LogP contribution is 2.21. The minimum atomic E-state index is -0.258. The largest absolute Gasteiger partial charge is 0.497 e. The summed E-state index contributed by atoms with van der Waals surface area (Å²) in [6.07, 6.45) is 0.496. The first-order valence-corrected chi connectivity index (χ1v) is 5.42. The Morgan fingerprint density at radius 1 is 1.50 bits per heavy atom. The topological polar surface area (TPSA) is 62.3 Å². The van der Waals surface area contributed by atoms with Gasteiger partial charge in [0.25, 0.3) is 0 Å². The molecule has 0 aliphatic rings. The predicted molar refractivity (Wildman–Crippen MR) is 62.4 cm³/mol. The van der Waals surface area contributed by atoms with Crippen molar-refractivity contribution < 1.29 is 11.2 Å². The van der Waals surface area contributed by atoms with Gasteiger partial charge < -0.3 is 9.84 Å². The zero-order chi connectivity index (χ0) is 12.3. The van der Waals surface area contributed by atoms with Crippen molar-refractivity contribution in [3.8, 4) is 11.6 Å². The molecule has 0 spiro atoms.